The number of hydrogen-bond donors (Lipinski definition) is 4. The number of benzene rings is 2. The zero-order valence-corrected chi connectivity index (χ0v) is 14.2. The lowest BCUT2D eigenvalue weighted by atomic mass is 9.99. The Bertz CT molecular complexity index is 760. The van der Waals surface area contributed by atoms with Crippen LogP contribution in [-0.2, 0) is 4.74 Å². The summed E-state index contributed by atoms with van der Waals surface area (Å²) >= 11 is 0. The van der Waals surface area contributed by atoms with Gasteiger partial charge in [-0.05, 0) is 44.3 Å². The van der Waals surface area contributed by atoms with E-state index in [-0.39, 0.29) is 12.3 Å². The van der Waals surface area contributed by atoms with Crippen LogP contribution in [0.5, 0.6) is 0 Å². The van der Waals surface area contributed by atoms with Crippen LogP contribution in [-0.4, -0.2) is 31.7 Å². The number of ether oxygens (including phenoxy) is 1. The molecule has 7 heteroatoms. The van der Waals surface area contributed by atoms with Crippen LogP contribution in [0, 0.1) is 5.41 Å². The van der Waals surface area contributed by atoms with Gasteiger partial charge in [0.1, 0.15) is 6.29 Å². The minimum absolute atomic E-state index is 0.165. The highest BCUT2D eigenvalue weighted by Crippen LogP contribution is 2.20. The number of nitrogens with two attached hydrogens (primary N) is 2. The van der Waals surface area contributed by atoms with Crippen LogP contribution in [0.1, 0.15) is 28.4 Å². The zero-order valence-electron chi connectivity index (χ0n) is 14.2. The molecule has 0 saturated carbocycles. The van der Waals surface area contributed by atoms with Crippen LogP contribution in [0.2, 0.25) is 0 Å². The molecule has 0 atom stereocenters. The van der Waals surface area contributed by atoms with Crippen molar-refractivity contribution in [2.75, 3.05) is 24.7 Å². The second kappa shape index (κ2) is 9.84. The number of aldehydes is 1. The van der Waals surface area contributed by atoms with Gasteiger partial charge in [0.05, 0.1) is 12.3 Å². The highest BCUT2D eigenvalue weighted by atomic mass is 16.5. The summed E-state index contributed by atoms with van der Waals surface area (Å²) in [5.74, 6) is 0. The summed E-state index contributed by atoms with van der Waals surface area (Å²) in [5, 5.41) is 10.9. The number of nitrogens with one attached hydrogen (secondary N) is 2. The van der Waals surface area contributed by atoms with Gasteiger partial charge in [-0.3, -0.25) is 15.5 Å². The van der Waals surface area contributed by atoms with Crippen molar-refractivity contribution in [1.29, 1.82) is 5.41 Å². The predicted molar refractivity (Wildman–Crippen MR) is 99.4 cm³/mol. The molecular formula is C18H22N4O3. The molecule has 132 valence electrons. The van der Waals surface area contributed by atoms with E-state index in [4.69, 9.17) is 15.9 Å². The lowest BCUT2D eigenvalue weighted by molar-refractivity contribution is 0.112. The SMILES string of the molecule is CCOC(=O)Nc1cccc(C(=N)c2cc(C=O)ccc2N)c1.CN. The van der Waals surface area contributed by atoms with Gasteiger partial charge >= 0.3 is 6.09 Å². The molecule has 1 amide bonds. The molecule has 0 heterocycles. The van der Waals surface area contributed by atoms with E-state index >= 15 is 0 Å². The van der Waals surface area contributed by atoms with Crippen LogP contribution in [0.4, 0.5) is 16.2 Å². The van der Waals surface area contributed by atoms with Crippen molar-refractivity contribution < 1.29 is 14.3 Å². The third-order valence-corrected chi connectivity index (χ3v) is 3.16. The Morgan fingerprint density at radius 2 is 1.96 bits per heavy atom. The van der Waals surface area contributed by atoms with Crippen molar-refractivity contribution in [2.24, 2.45) is 5.73 Å². The number of carbonyl (C=O) groups is 2. The molecule has 0 aliphatic carbocycles. The van der Waals surface area contributed by atoms with Gasteiger partial charge in [0.25, 0.3) is 0 Å². The normalized spacial score (nSPS) is 9.40. The first-order chi connectivity index (χ1) is 12.0. The van der Waals surface area contributed by atoms with Crippen molar-refractivity contribution in [1.82, 2.24) is 0 Å². The molecular weight excluding hydrogens is 320 g/mol. The number of anilines is 2. The molecule has 2 aromatic rings. The monoisotopic (exact) mass is 342 g/mol. The van der Waals surface area contributed by atoms with Crippen molar-refractivity contribution in [2.45, 2.75) is 6.92 Å². The summed E-state index contributed by atoms with van der Waals surface area (Å²) in [6.07, 6.45) is 0.147. The number of carbonyl (C=O) groups excluding carboxylic acids is 2. The van der Waals surface area contributed by atoms with Crippen LogP contribution >= 0.6 is 0 Å². The predicted octanol–water partition coefficient (Wildman–Crippen LogP) is 2.64. The van der Waals surface area contributed by atoms with Gasteiger partial charge < -0.3 is 16.2 Å². The highest BCUT2D eigenvalue weighted by Gasteiger charge is 2.11. The van der Waals surface area contributed by atoms with Crippen LogP contribution in [0.3, 0.4) is 0 Å². The Morgan fingerprint density at radius 3 is 2.60 bits per heavy atom. The van der Waals surface area contributed by atoms with Gasteiger partial charge in [-0.25, -0.2) is 4.79 Å². The standard InChI is InChI=1S/C17H17N3O3.CH5N/c1-2-23-17(22)20-13-5-3-4-12(9-13)16(19)14-8-11(10-21)6-7-15(14)18;1-2/h3-10,19H,2,18H2,1H3,(H,20,22);2H2,1H3. The first-order valence-electron chi connectivity index (χ1n) is 7.60. The first kappa shape index (κ1) is 19.9. The molecule has 0 radical (unpaired) electrons. The maximum atomic E-state index is 11.5. The van der Waals surface area contributed by atoms with E-state index in [0.717, 1.165) is 0 Å². The van der Waals surface area contributed by atoms with E-state index in [0.29, 0.717) is 34.4 Å². The van der Waals surface area contributed by atoms with Gasteiger partial charge in [-0.15, -0.1) is 0 Å². The minimum atomic E-state index is -0.557. The second-order valence-corrected chi connectivity index (χ2v) is 4.77. The minimum Gasteiger partial charge on any atom is -0.450 e. The van der Waals surface area contributed by atoms with Crippen LogP contribution in [0.15, 0.2) is 42.5 Å². The molecule has 2 rings (SSSR count). The number of amides is 1. The maximum Gasteiger partial charge on any atom is 0.411 e. The fourth-order valence-electron chi connectivity index (χ4n) is 2.06. The van der Waals surface area contributed by atoms with Crippen molar-refractivity contribution >= 4 is 29.5 Å². The van der Waals surface area contributed by atoms with Gasteiger partial charge in [-0.1, -0.05) is 12.1 Å². The molecule has 0 aliphatic rings. The van der Waals surface area contributed by atoms with Crippen molar-refractivity contribution in [3.8, 4) is 0 Å². The summed E-state index contributed by atoms with van der Waals surface area (Å²) in [5.41, 5.74) is 12.9. The third kappa shape index (κ3) is 5.43. The Hall–Kier alpha value is -3.19. The number of hydrogen-bond acceptors (Lipinski definition) is 6. The summed E-state index contributed by atoms with van der Waals surface area (Å²) in [7, 11) is 1.50. The van der Waals surface area contributed by atoms with Gasteiger partial charge in [0.2, 0.25) is 0 Å². The third-order valence-electron chi connectivity index (χ3n) is 3.16. The Morgan fingerprint density at radius 1 is 1.24 bits per heavy atom. The number of nitrogen functional groups attached to an aromatic ring is 1. The van der Waals surface area contributed by atoms with E-state index in [9.17, 15) is 9.59 Å². The van der Waals surface area contributed by atoms with Crippen molar-refractivity contribution in [3.05, 3.63) is 59.2 Å². The molecule has 0 saturated heterocycles. The average Bonchev–Trinajstić information content (AvgIpc) is 2.63. The number of rotatable bonds is 5. The van der Waals surface area contributed by atoms with Gasteiger partial charge in [0.15, 0.2) is 0 Å². The molecule has 0 fully saturated rings. The Labute approximate surface area is 146 Å². The topological polar surface area (TPSA) is 131 Å². The largest absolute Gasteiger partial charge is 0.450 e. The lowest BCUT2D eigenvalue weighted by Crippen LogP contribution is -2.14. The summed E-state index contributed by atoms with van der Waals surface area (Å²) in [6, 6.07) is 11.5. The van der Waals surface area contributed by atoms with Crippen LogP contribution < -0.4 is 16.8 Å². The van der Waals surface area contributed by atoms with E-state index in [1.165, 1.54) is 7.05 Å². The zero-order chi connectivity index (χ0) is 18.8. The lowest BCUT2D eigenvalue weighted by Gasteiger charge is -2.11. The van der Waals surface area contributed by atoms with Gasteiger partial charge in [0, 0.05) is 28.1 Å². The fourth-order valence-corrected chi connectivity index (χ4v) is 2.06. The summed E-state index contributed by atoms with van der Waals surface area (Å²) < 4.78 is 4.82. The first-order valence-corrected chi connectivity index (χ1v) is 7.60. The van der Waals surface area contributed by atoms with Crippen molar-refractivity contribution in [3.63, 3.8) is 0 Å². The van der Waals surface area contributed by atoms with E-state index < -0.39 is 6.09 Å². The summed E-state index contributed by atoms with van der Waals surface area (Å²) in [4.78, 5) is 22.3. The molecule has 0 spiro atoms. The van der Waals surface area contributed by atoms with Crippen LogP contribution in [0.25, 0.3) is 0 Å². The van der Waals surface area contributed by atoms with E-state index in [1.807, 2.05) is 0 Å². The van der Waals surface area contributed by atoms with E-state index in [2.05, 4.69) is 11.1 Å². The molecule has 0 unspecified atom stereocenters. The molecule has 25 heavy (non-hydrogen) atoms. The van der Waals surface area contributed by atoms with E-state index in [1.54, 1.807) is 49.4 Å². The Kier molecular flexibility index (Phi) is 7.81. The quantitative estimate of drug-likeness (QED) is 0.377. The molecule has 2 aromatic carbocycles. The smallest absolute Gasteiger partial charge is 0.411 e. The maximum absolute atomic E-state index is 11.5. The molecule has 6 N–H and O–H groups in total. The average molecular weight is 342 g/mol. The summed E-state index contributed by atoms with van der Waals surface area (Å²) in [6.45, 7) is 1.99. The molecule has 7 nitrogen and oxygen atoms in total. The fraction of sp³-hybridized carbons (Fsp3) is 0.167. The van der Waals surface area contributed by atoms with Gasteiger partial charge in [-0.2, -0.15) is 0 Å². The Balaban J connectivity index is 0.00000151. The molecule has 0 aliphatic heterocycles. The highest BCUT2D eigenvalue weighted by molar-refractivity contribution is 6.14. The second-order valence-electron chi connectivity index (χ2n) is 4.77. The molecule has 0 bridgehead atoms. The molecule has 0 aromatic heterocycles.